The van der Waals surface area contributed by atoms with Crippen LogP contribution < -0.4 is 5.32 Å². The highest BCUT2D eigenvalue weighted by atomic mass is 16.3. The van der Waals surface area contributed by atoms with E-state index in [2.05, 4.69) is 62.0 Å². The van der Waals surface area contributed by atoms with Crippen LogP contribution in [0.1, 0.15) is 103 Å². The normalized spacial score (nSPS) is 44.1. The molecule has 0 amide bonds. The van der Waals surface area contributed by atoms with Crippen molar-refractivity contribution in [1.82, 2.24) is 15.1 Å². The molecule has 222 valence electrons. The van der Waals surface area contributed by atoms with Crippen LogP contribution >= 0.6 is 0 Å². The first-order valence-corrected chi connectivity index (χ1v) is 17.2. The standard InChI is InChI=1S/C36H57N3O/c1-23-6-10-29-20-28(21-33(23)39(29)16-12-25-7-9-27-19-31(25)35(27,3)4)37-15-13-36-14-17-38(5)34(24(36)2)18-26-8-11-30(40)22-32(26)36/h8,11,22-25,27-29,31,33-34,37,40H,6-7,9-10,12-21H2,1-5H3/t23?,24-,25-,27-,28-,29+,31-,33?,34+,36-/m0/s1. The molecule has 4 heteroatoms. The predicted octanol–water partition coefficient (Wildman–Crippen LogP) is 6.60. The molecule has 40 heavy (non-hydrogen) atoms. The predicted molar refractivity (Wildman–Crippen MR) is 165 cm³/mol. The van der Waals surface area contributed by atoms with Crippen molar-refractivity contribution >= 4 is 0 Å². The molecule has 4 aliphatic carbocycles. The maximum absolute atomic E-state index is 10.4. The first-order valence-electron chi connectivity index (χ1n) is 17.2. The van der Waals surface area contributed by atoms with Crippen LogP contribution in [0.15, 0.2) is 18.2 Å². The van der Waals surface area contributed by atoms with Gasteiger partial charge in [0.25, 0.3) is 0 Å². The average molecular weight is 548 g/mol. The van der Waals surface area contributed by atoms with Crippen LogP contribution in [0.3, 0.4) is 0 Å². The third-order valence-electron chi connectivity index (χ3n) is 14.3. The Morgan fingerprint density at radius 2 is 1.88 bits per heavy atom. The Labute approximate surface area is 244 Å². The van der Waals surface area contributed by atoms with Gasteiger partial charge in [-0.15, -0.1) is 0 Å². The summed E-state index contributed by atoms with van der Waals surface area (Å²) in [6, 6.07) is 9.08. The number of likely N-dealkylation sites (tertiary alicyclic amines) is 1. The summed E-state index contributed by atoms with van der Waals surface area (Å²) < 4.78 is 0. The quantitative estimate of drug-likeness (QED) is 0.403. The van der Waals surface area contributed by atoms with E-state index in [1.165, 1.54) is 88.4 Å². The summed E-state index contributed by atoms with van der Waals surface area (Å²) >= 11 is 0. The highest BCUT2D eigenvalue weighted by molar-refractivity contribution is 5.44. The maximum atomic E-state index is 10.4. The molecule has 3 aliphatic heterocycles. The number of nitrogens with zero attached hydrogens (tertiary/aromatic N) is 2. The molecular formula is C36H57N3O. The van der Waals surface area contributed by atoms with Crippen LogP contribution in [0.4, 0.5) is 0 Å². The van der Waals surface area contributed by atoms with E-state index in [4.69, 9.17) is 0 Å². The molecule has 3 saturated heterocycles. The van der Waals surface area contributed by atoms with Crippen molar-refractivity contribution < 1.29 is 5.11 Å². The lowest BCUT2D eigenvalue weighted by molar-refractivity contribution is -0.112. The van der Waals surface area contributed by atoms with Gasteiger partial charge in [0.05, 0.1) is 0 Å². The second-order valence-corrected chi connectivity index (χ2v) is 16.2. The van der Waals surface area contributed by atoms with Crippen molar-refractivity contribution in [2.75, 3.05) is 26.7 Å². The van der Waals surface area contributed by atoms with Gasteiger partial charge in [-0.05, 0) is 156 Å². The Morgan fingerprint density at radius 3 is 2.67 bits per heavy atom. The number of rotatable bonds is 7. The van der Waals surface area contributed by atoms with Crippen LogP contribution in [0.2, 0.25) is 0 Å². The number of fused-ring (bicyclic) bond motifs is 8. The second kappa shape index (κ2) is 10.3. The number of phenols is 1. The number of likely N-dealkylation sites (N-methyl/N-ethyl adjacent to an activating group) is 1. The number of hydrogen-bond donors (Lipinski definition) is 2. The van der Waals surface area contributed by atoms with Crippen LogP contribution in [0.5, 0.6) is 5.75 Å². The Bertz CT molecular complexity index is 1080. The van der Waals surface area contributed by atoms with Gasteiger partial charge in [0, 0.05) is 29.6 Å². The molecule has 4 nitrogen and oxygen atoms in total. The van der Waals surface area contributed by atoms with E-state index in [0.717, 1.165) is 48.7 Å². The molecule has 0 radical (unpaired) electrons. The molecule has 0 aromatic heterocycles. The van der Waals surface area contributed by atoms with Crippen molar-refractivity contribution in [2.24, 2.45) is 35.0 Å². The zero-order chi connectivity index (χ0) is 27.8. The molecule has 7 aliphatic rings. The van der Waals surface area contributed by atoms with Crippen LogP contribution in [-0.2, 0) is 11.8 Å². The smallest absolute Gasteiger partial charge is 0.115 e. The topological polar surface area (TPSA) is 38.7 Å². The summed E-state index contributed by atoms with van der Waals surface area (Å²) in [6.45, 7) is 13.8. The lowest BCUT2D eigenvalue weighted by atomic mass is 9.45. The molecule has 2 N–H and O–H groups in total. The minimum Gasteiger partial charge on any atom is -0.508 e. The monoisotopic (exact) mass is 547 g/mol. The largest absolute Gasteiger partial charge is 0.508 e. The maximum Gasteiger partial charge on any atom is 0.115 e. The molecule has 1 aromatic carbocycles. The molecular weight excluding hydrogens is 490 g/mol. The van der Waals surface area contributed by atoms with Gasteiger partial charge in [-0.3, -0.25) is 4.90 Å². The Hall–Kier alpha value is -1.10. The molecule has 1 aromatic rings. The highest BCUT2D eigenvalue weighted by Gasteiger charge is 2.54. The first kappa shape index (κ1) is 27.7. The van der Waals surface area contributed by atoms with Gasteiger partial charge in [-0.1, -0.05) is 33.8 Å². The van der Waals surface area contributed by atoms with E-state index < -0.39 is 0 Å². The Kier molecular flexibility index (Phi) is 7.11. The van der Waals surface area contributed by atoms with E-state index in [-0.39, 0.29) is 5.41 Å². The van der Waals surface area contributed by atoms with Gasteiger partial charge in [-0.25, -0.2) is 0 Å². The van der Waals surface area contributed by atoms with Crippen LogP contribution in [0.25, 0.3) is 0 Å². The second-order valence-electron chi connectivity index (χ2n) is 16.2. The summed E-state index contributed by atoms with van der Waals surface area (Å²) in [5.41, 5.74) is 3.73. The number of aromatic hydroxyl groups is 1. The highest BCUT2D eigenvalue weighted by Crippen LogP contribution is 2.62. The number of phenolic OH excluding ortho intramolecular Hbond substituents is 1. The summed E-state index contributed by atoms with van der Waals surface area (Å²) in [5, 5.41) is 14.6. The van der Waals surface area contributed by atoms with Gasteiger partial charge < -0.3 is 15.3 Å². The van der Waals surface area contributed by atoms with E-state index in [1.807, 2.05) is 6.07 Å². The van der Waals surface area contributed by atoms with Gasteiger partial charge >= 0.3 is 0 Å². The molecule has 0 spiro atoms. The molecule has 6 bridgehead atoms. The van der Waals surface area contributed by atoms with Crippen molar-refractivity contribution in [3.8, 4) is 5.75 Å². The lowest BCUT2D eigenvalue weighted by Gasteiger charge is -2.61. The Balaban J connectivity index is 0.996. The first-order chi connectivity index (χ1) is 19.2. The molecule has 8 rings (SSSR count). The third kappa shape index (κ3) is 4.41. The van der Waals surface area contributed by atoms with E-state index >= 15 is 0 Å². The minimum atomic E-state index is 0.189. The van der Waals surface area contributed by atoms with Crippen molar-refractivity contribution in [2.45, 2.75) is 128 Å². The number of hydrogen-bond acceptors (Lipinski definition) is 4. The molecule has 2 unspecified atom stereocenters. The molecule has 10 atom stereocenters. The van der Waals surface area contributed by atoms with Crippen molar-refractivity contribution in [3.05, 3.63) is 29.3 Å². The fourth-order valence-corrected chi connectivity index (χ4v) is 11.5. The van der Waals surface area contributed by atoms with Crippen molar-refractivity contribution in [1.29, 1.82) is 0 Å². The van der Waals surface area contributed by atoms with Crippen LogP contribution in [-0.4, -0.2) is 65.8 Å². The van der Waals surface area contributed by atoms with E-state index in [1.54, 1.807) is 0 Å². The third-order valence-corrected chi connectivity index (χ3v) is 14.3. The summed E-state index contributed by atoms with van der Waals surface area (Å²) in [4.78, 5) is 5.61. The minimum absolute atomic E-state index is 0.189. The molecule has 6 fully saturated rings. The van der Waals surface area contributed by atoms with E-state index in [9.17, 15) is 5.11 Å². The fraction of sp³-hybridized carbons (Fsp3) is 0.833. The van der Waals surface area contributed by atoms with Gasteiger partial charge in [0.15, 0.2) is 0 Å². The fourth-order valence-electron chi connectivity index (χ4n) is 11.5. The molecule has 3 heterocycles. The summed E-state index contributed by atoms with van der Waals surface area (Å²) in [6.07, 6.45) is 15.0. The lowest BCUT2D eigenvalue weighted by Crippen LogP contribution is -2.60. The zero-order valence-electron chi connectivity index (χ0n) is 26.2. The van der Waals surface area contributed by atoms with Gasteiger partial charge in [-0.2, -0.15) is 0 Å². The average Bonchev–Trinajstić information content (AvgIpc) is 2.93. The number of benzene rings is 1. The summed E-state index contributed by atoms with van der Waals surface area (Å²) in [7, 11) is 2.32. The van der Waals surface area contributed by atoms with E-state index in [0.29, 0.717) is 29.2 Å². The SMILES string of the molecule is CC1CC[C@@H]2C[C@H](NCC[C@@]34CCN(C)[C@H](Cc5ccc(O)cc53)[C@@H]4C)CC1N2CC[C@@H]1CC[C@H]2C[C@@H]1C2(C)C. The van der Waals surface area contributed by atoms with Crippen molar-refractivity contribution in [3.63, 3.8) is 0 Å². The van der Waals surface area contributed by atoms with Gasteiger partial charge in [0.2, 0.25) is 0 Å². The number of piperidine rings is 3. The summed E-state index contributed by atoms with van der Waals surface area (Å²) in [5.74, 6) is 4.89. The zero-order valence-corrected chi connectivity index (χ0v) is 26.2. The van der Waals surface area contributed by atoms with Crippen LogP contribution in [0, 0.1) is 35.0 Å². The van der Waals surface area contributed by atoms with Gasteiger partial charge in [0.1, 0.15) is 5.75 Å². The molecule has 3 saturated carbocycles. The Morgan fingerprint density at radius 1 is 1.02 bits per heavy atom. The number of nitrogens with one attached hydrogen (secondary N) is 1.